The van der Waals surface area contributed by atoms with Gasteiger partial charge in [-0.15, -0.1) is 0 Å². The molecule has 27 heavy (non-hydrogen) atoms. The number of benzene rings is 2. The maximum atomic E-state index is 3.51. The zero-order valence-corrected chi connectivity index (χ0v) is 17.9. The van der Waals surface area contributed by atoms with Crippen molar-refractivity contribution in [3.05, 3.63) is 64.6 Å². The summed E-state index contributed by atoms with van der Waals surface area (Å²) in [7, 11) is 2.20. The van der Waals surface area contributed by atoms with Crippen LogP contribution in [0.2, 0.25) is 0 Å². The fourth-order valence-electron chi connectivity index (χ4n) is 4.61. The van der Waals surface area contributed by atoms with Crippen molar-refractivity contribution in [1.29, 1.82) is 0 Å². The van der Waals surface area contributed by atoms with Crippen LogP contribution in [0.4, 0.5) is 5.69 Å². The normalized spacial score (nSPS) is 23.3. The average molecular weight is 427 g/mol. The van der Waals surface area contributed by atoms with Crippen molar-refractivity contribution in [2.45, 2.75) is 31.6 Å². The van der Waals surface area contributed by atoms with E-state index in [-0.39, 0.29) is 0 Å². The molecule has 2 aromatic carbocycles. The van der Waals surface area contributed by atoms with E-state index < -0.39 is 0 Å². The molecule has 1 aliphatic carbocycles. The molecule has 2 atom stereocenters. The highest BCUT2D eigenvalue weighted by molar-refractivity contribution is 9.10. The molecule has 2 nitrogen and oxygen atoms in total. The first kappa shape index (κ1) is 19.0. The van der Waals surface area contributed by atoms with Gasteiger partial charge in [-0.1, -0.05) is 46.3 Å². The van der Waals surface area contributed by atoms with Crippen molar-refractivity contribution < 1.29 is 0 Å². The van der Waals surface area contributed by atoms with Gasteiger partial charge in [0, 0.05) is 30.3 Å². The van der Waals surface area contributed by atoms with E-state index in [1.165, 1.54) is 51.0 Å². The number of hydrogen-bond acceptors (Lipinski definition) is 2. The second-order valence-electron chi connectivity index (χ2n) is 8.43. The van der Waals surface area contributed by atoms with E-state index >= 15 is 0 Å². The third-order valence-corrected chi connectivity index (χ3v) is 7.04. The first-order valence-electron chi connectivity index (χ1n) is 10.4. The lowest BCUT2D eigenvalue weighted by Gasteiger charge is -2.33. The van der Waals surface area contributed by atoms with Crippen molar-refractivity contribution in [3.63, 3.8) is 0 Å². The number of anilines is 1. The van der Waals surface area contributed by atoms with Gasteiger partial charge in [0.15, 0.2) is 0 Å². The van der Waals surface area contributed by atoms with Crippen LogP contribution in [0.25, 0.3) is 0 Å². The second kappa shape index (κ2) is 8.79. The van der Waals surface area contributed by atoms with Gasteiger partial charge in [-0.25, -0.2) is 0 Å². The smallest absolute Gasteiger partial charge is 0.0364 e. The molecule has 2 aliphatic rings. The number of piperidine rings is 1. The van der Waals surface area contributed by atoms with Crippen LogP contribution in [0.3, 0.4) is 0 Å². The summed E-state index contributed by atoms with van der Waals surface area (Å²) in [5, 5.41) is 0. The fraction of sp³-hybridized carbons (Fsp3) is 0.500. The molecule has 0 unspecified atom stereocenters. The molecular formula is C24H31BrN2. The summed E-state index contributed by atoms with van der Waals surface area (Å²) in [5.41, 5.74) is 2.87. The molecule has 2 fully saturated rings. The molecule has 1 heterocycles. The Kier molecular flexibility index (Phi) is 6.19. The Morgan fingerprint density at radius 2 is 1.70 bits per heavy atom. The quantitative estimate of drug-likeness (QED) is 0.552. The van der Waals surface area contributed by atoms with Crippen molar-refractivity contribution in [2.24, 2.45) is 11.8 Å². The summed E-state index contributed by atoms with van der Waals surface area (Å²) in [6.07, 6.45) is 5.65. The highest BCUT2D eigenvalue weighted by Crippen LogP contribution is 2.51. The largest absolute Gasteiger partial charge is 0.373 e. The average Bonchev–Trinajstić information content (AvgIpc) is 3.47. The van der Waals surface area contributed by atoms with E-state index in [4.69, 9.17) is 0 Å². The first-order valence-corrected chi connectivity index (χ1v) is 11.2. The summed E-state index contributed by atoms with van der Waals surface area (Å²) in [4.78, 5) is 5.03. The lowest BCUT2D eigenvalue weighted by molar-refractivity contribution is 0.179. The van der Waals surface area contributed by atoms with Crippen molar-refractivity contribution in [2.75, 3.05) is 38.1 Å². The van der Waals surface area contributed by atoms with E-state index in [1.807, 2.05) is 0 Å². The third-order valence-electron chi connectivity index (χ3n) is 6.51. The molecule has 0 amide bonds. The third kappa shape index (κ3) is 5.14. The van der Waals surface area contributed by atoms with Crippen LogP contribution in [0, 0.1) is 11.8 Å². The van der Waals surface area contributed by atoms with E-state index in [9.17, 15) is 0 Å². The monoisotopic (exact) mass is 426 g/mol. The minimum atomic E-state index is 0.851. The summed E-state index contributed by atoms with van der Waals surface area (Å²) in [5.74, 6) is 2.75. The summed E-state index contributed by atoms with van der Waals surface area (Å²) >= 11 is 3.51. The van der Waals surface area contributed by atoms with Gasteiger partial charge in [-0.2, -0.15) is 0 Å². The molecule has 4 rings (SSSR count). The Labute approximate surface area is 172 Å². The van der Waals surface area contributed by atoms with Crippen LogP contribution in [0.15, 0.2) is 59.1 Å². The Morgan fingerprint density at radius 3 is 2.41 bits per heavy atom. The molecule has 1 saturated heterocycles. The lowest BCUT2D eigenvalue weighted by atomic mass is 9.90. The number of rotatable bonds is 7. The van der Waals surface area contributed by atoms with Crippen LogP contribution < -0.4 is 4.90 Å². The van der Waals surface area contributed by atoms with Gasteiger partial charge in [0.1, 0.15) is 0 Å². The standard InChI is InChI=1S/C24H31BrN2/c1-26(23-9-7-22(25)8-10-23)15-16-27-13-11-19(12-14-27)17-21-18-24(21)20-5-3-2-4-6-20/h2-10,19,21,24H,11-18H2,1H3/t21-,24+/m1/s1. The number of halogens is 1. The van der Waals surface area contributed by atoms with Crippen LogP contribution in [-0.2, 0) is 0 Å². The van der Waals surface area contributed by atoms with Crippen molar-refractivity contribution in [1.82, 2.24) is 4.90 Å². The number of likely N-dealkylation sites (tertiary alicyclic amines) is 1. The van der Waals surface area contributed by atoms with E-state index in [0.717, 1.165) is 28.8 Å². The predicted octanol–water partition coefficient (Wildman–Crippen LogP) is 5.79. The SMILES string of the molecule is CN(CCN1CCC(C[C@@H]2C[C@H]2c2ccccc2)CC1)c1ccc(Br)cc1. The highest BCUT2D eigenvalue weighted by Gasteiger charge is 2.39. The molecule has 2 aromatic rings. The fourth-order valence-corrected chi connectivity index (χ4v) is 4.87. The molecule has 0 bridgehead atoms. The molecule has 0 radical (unpaired) electrons. The van der Waals surface area contributed by atoms with Crippen LogP contribution in [0.1, 0.15) is 37.2 Å². The van der Waals surface area contributed by atoms with E-state index in [1.54, 1.807) is 5.56 Å². The Bertz CT molecular complexity index is 707. The van der Waals surface area contributed by atoms with Gasteiger partial charge in [-0.3, -0.25) is 0 Å². The Balaban J connectivity index is 1.16. The molecule has 1 saturated carbocycles. The zero-order valence-electron chi connectivity index (χ0n) is 16.4. The molecule has 0 aromatic heterocycles. The second-order valence-corrected chi connectivity index (χ2v) is 9.35. The summed E-state index contributed by atoms with van der Waals surface area (Å²) in [6.45, 7) is 4.84. The predicted molar refractivity (Wildman–Crippen MR) is 118 cm³/mol. The minimum Gasteiger partial charge on any atom is -0.373 e. The van der Waals surface area contributed by atoms with Gasteiger partial charge in [0.2, 0.25) is 0 Å². The Morgan fingerprint density at radius 1 is 1.00 bits per heavy atom. The maximum Gasteiger partial charge on any atom is 0.0364 e. The number of likely N-dealkylation sites (N-methyl/N-ethyl adjacent to an activating group) is 1. The van der Waals surface area contributed by atoms with E-state index in [0.29, 0.717) is 0 Å². The summed E-state index contributed by atoms with van der Waals surface area (Å²) < 4.78 is 1.15. The van der Waals surface area contributed by atoms with Crippen LogP contribution in [0.5, 0.6) is 0 Å². The number of nitrogens with zero attached hydrogens (tertiary/aromatic N) is 2. The van der Waals surface area contributed by atoms with Crippen LogP contribution >= 0.6 is 15.9 Å². The van der Waals surface area contributed by atoms with Gasteiger partial charge < -0.3 is 9.80 Å². The Hall–Kier alpha value is -1.32. The van der Waals surface area contributed by atoms with Gasteiger partial charge >= 0.3 is 0 Å². The van der Waals surface area contributed by atoms with E-state index in [2.05, 4.69) is 87.4 Å². The van der Waals surface area contributed by atoms with Crippen molar-refractivity contribution >= 4 is 21.6 Å². The maximum absolute atomic E-state index is 3.51. The molecule has 3 heteroatoms. The van der Waals surface area contributed by atoms with Gasteiger partial charge in [-0.05, 0) is 86.4 Å². The van der Waals surface area contributed by atoms with Crippen LogP contribution in [-0.4, -0.2) is 38.1 Å². The molecular weight excluding hydrogens is 396 g/mol. The van der Waals surface area contributed by atoms with Crippen molar-refractivity contribution in [3.8, 4) is 0 Å². The molecule has 0 N–H and O–H groups in total. The topological polar surface area (TPSA) is 6.48 Å². The molecule has 144 valence electrons. The van der Waals surface area contributed by atoms with Gasteiger partial charge in [0.25, 0.3) is 0 Å². The highest BCUT2D eigenvalue weighted by atomic mass is 79.9. The van der Waals surface area contributed by atoms with Gasteiger partial charge in [0.05, 0.1) is 0 Å². The minimum absolute atomic E-state index is 0.851. The number of hydrogen-bond donors (Lipinski definition) is 0. The molecule has 0 spiro atoms. The molecule has 1 aliphatic heterocycles. The lowest BCUT2D eigenvalue weighted by Crippen LogP contribution is -2.39. The summed E-state index contributed by atoms with van der Waals surface area (Å²) in [6, 6.07) is 19.8. The first-order chi connectivity index (χ1) is 13.2. The zero-order chi connectivity index (χ0) is 18.6.